The van der Waals surface area contributed by atoms with Gasteiger partial charge in [0, 0.05) is 11.6 Å². The minimum atomic E-state index is 0.224. The Morgan fingerprint density at radius 1 is 1.00 bits per heavy atom. The molecule has 0 spiro atoms. The predicted molar refractivity (Wildman–Crippen MR) is 81.9 cm³/mol. The van der Waals surface area contributed by atoms with Gasteiger partial charge in [-0.15, -0.1) is 0 Å². The summed E-state index contributed by atoms with van der Waals surface area (Å²) in [7, 11) is 0. The minimum absolute atomic E-state index is 0.224. The normalized spacial score (nSPS) is 25.3. The maximum absolute atomic E-state index is 3.98. The Labute approximate surface area is 115 Å². The molecule has 1 saturated carbocycles. The quantitative estimate of drug-likeness (QED) is 0.673. The van der Waals surface area contributed by atoms with Crippen LogP contribution in [0.15, 0.2) is 0 Å². The van der Waals surface area contributed by atoms with Crippen molar-refractivity contribution in [1.82, 2.24) is 5.32 Å². The van der Waals surface area contributed by atoms with Gasteiger partial charge < -0.3 is 5.32 Å². The third kappa shape index (κ3) is 2.92. The summed E-state index contributed by atoms with van der Waals surface area (Å²) < 4.78 is 0. The van der Waals surface area contributed by atoms with E-state index in [1.54, 1.807) is 0 Å². The van der Waals surface area contributed by atoms with Crippen LogP contribution in [0.4, 0.5) is 0 Å². The highest BCUT2D eigenvalue weighted by atomic mass is 15.0. The monoisotopic (exact) mass is 253 g/mol. The highest BCUT2D eigenvalue weighted by molar-refractivity contribution is 5.01. The van der Waals surface area contributed by atoms with Crippen LogP contribution in [-0.2, 0) is 0 Å². The van der Waals surface area contributed by atoms with E-state index in [4.69, 9.17) is 0 Å². The van der Waals surface area contributed by atoms with Crippen LogP contribution in [-0.4, -0.2) is 11.6 Å². The molecule has 0 aromatic carbocycles. The van der Waals surface area contributed by atoms with Gasteiger partial charge in [0.05, 0.1) is 0 Å². The standard InChI is InChI=1S/C17H35N/c1-8-13-11-12-15(13)18-17(6,7)16(4,5)14(9-2)10-3/h13-15,18H,8-12H2,1-7H3. The van der Waals surface area contributed by atoms with Crippen molar-refractivity contribution in [3.63, 3.8) is 0 Å². The zero-order valence-electron chi connectivity index (χ0n) is 13.8. The van der Waals surface area contributed by atoms with Crippen molar-refractivity contribution in [3.8, 4) is 0 Å². The van der Waals surface area contributed by atoms with Crippen molar-refractivity contribution in [1.29, 1.82) is 0 Å². The number of rotatable bonds is 7. The zero-order chi connectivity index (χ0) is 14.0. The highest BCUT2D eigenvalue weighted by Gasteiger charge is 2.44. The maximum atomic E-state index is 3.98. The molecule has 2 unspecified atom stereocenters. The van der Waals surface area contributed by atoms with E-state index in [1.807, 2.05) is 0 Å². The summed E-state index contributed by atoms with van der Waals surface area (Å²) in [6.07, 6.45) is 6.71. The van der Waals surface area contributed by atoms with E-state index in [-0.39, 0.29) is 5.54 Å². The Hall–Kier alpha value is -0.0400. The second-order valence-corrected chi connectivity index (χ2v) is 7.36. The number of hydrogen-bond acceptors (Lipinski definition) is 1. The summed E-state index contributed by atoms with van der Waals surface area (Å²) in [4.78, 5) is 0. The molecule has 1 fully saturated rings. The van der Waals surface area contributed by atoms with Gasteiger partial charge >= 0.3 is 0 Å². The van der Waals surface area contributed by atoms with E-state index in [2.05, 4.69) is 53.8 Å². The van der Waals surface area contributed by atoms with Crippen LogP contribution in [0.25, 0.3) is 0 Å². The van der Waals surface area contributed by atoms with E-state index >= 15 is 0 Å². The molecule has 2 atom stereocenters. The van der Waals surface area contributed by atoms with E-state index in [0.717, 1.165) is 17.9 Å². The summed E-state index contributed by atoms with van der Waals surface area (Å²) in [6, 6.07) is 0.763. The van der Waals surface area contributed by atoms with Gasteiger partial charge in [0.1, 0.15) is 0 Å². The molecule has 0 aromatic heterocycles. The number of nitrogens with one attached hydrogen (secondary N) is 1. The Morgan fingerprint density at radius 3 is 1.89 bits per heavy atom. The van der Waals surface area contributed by atoms with Gasteiger partial charge in [-0.25, -0.2) is 0 Å². The van der Waals surface area contributed by atoms with Crippen LogP contribution >= 0.6 is 0 Å². The third-order valence-corrected chi connectivity index (χ3v) is 6.11. The van der Waals surface area contributed by atoms with Gasteiger partial charge in [0.15, 0.2) is 0 Å². The lowest BCUT2D eigenvalue weighted by Crippen LogP contribution is -2.61. The van der Waals surface area contributed by atoms with Crippen LogP contribution in [0.3, 0.4) is 0 Å². The number of hydrogen-bond donors (Lipinski definition) is 1. The lowest BCUT2D eigenvalue weighted by molar-refractivity contribution is 0.0358. The van der Waals surface area contributed by atoms with Crippen molar-refractivity contribution in [3.05, 3.63) is 0 Å². The fourth-order valence-corrected chi connectivity index (χ4v) is 3.72. The molecule has 1 rings (SSSR count). The lowest BCUT2D eigenvalue weighted by atomic mass is 9.63. The van der Waals surface area contributed by atoms with Crippen molar-refractivity contribution >= 4 is 0 Å². The fourth-order valence-electron chi connectivity index (χ4n) is 3.72. The third-order valence-electron chi connectivity index (χ3n) is 6.11. The second kappa shape index (κ2) is 5.94. The molecule has 1 aliphatic rings. The van der Waals surface area contributed by atoms with Crippen molar-refractivity contribution in [2.75, 3.05) is 0 Å². The average molecular weight is 253 g/mol. The molecule has 1 heteroatoms. The summed E-state index contributed by atoms with van der Waals surface area (Å²) in [6.45, 7) is 16.7. The van der Waals surface area contributed by atoms with E-state index in [1.165, 1.54) is 32.1 Å². The van der Waals surface area contributed by atoms with Crippen LogP contribution in [0.5, 0.6) is 0 Å². The Morgan fingerprint density at radius 2 is 1.56 bits per heavy atom. The summed E-state index contributed by atoms with van der Waals surface area (Å²) in [5.74, 6) is 1.72. The molecule has 1 aliphatic carbocycles. The molecule has 0 aromatic rings. The van der Waals surface area contributed by atoms with Crippen molar-refractivity contribution < 1.29 is 0 Å². The van der Waals surface area contributed by atoms with Gasteiger partial charge in [-0.2, -0.15) is 0 Å². The van der Waals surface area contributed by atoms with Gasteiger partial charge in [0.2, 0.25) is 0 Å². The zero-order valence-corrected chi connectivity index (χ0v) is 13.8. The van der Waals surface area contributed by atoms with E-state index in [0.29, 0.717) is 5.41 Å². The summed E-state index contributed by atoms with van der Waals surface area (Å²) >= 11 is 0. The molecule has 1 N–H and O–H groups in total. The minimum Gasteiger partial charge on any atom is -0.308 e. The van der Waals surface area contributed by atoms with E-state index < -0.39 is 0 Å². The molecule has 0 aliphatic heterocycles. The molecule has 1 nitrogen and oxygen atoms in total. The molecule has 108 valence electrons. The average Bonchev–Trinajstić information content (AvgIpc) is 2.26. The van der Waals surface area contributed by atoms with Crippen molar-refractivity contribution in [2.24, 2.45) is 17.3 Å². The van der Waals surface area contributed by atoms with E-state index in [9.17, 15) is 0 Å². The SMILES string of the molecule is CCC1CCC1NC(C)(C)C(C)(C)C(CC)CC. The first-order valence-electron chi connectivity index (χ1n) is 8.07. The van der Waals surface area contributed by atoms with Crippen LogP contribution in [0, 0.1) is 17.3 Å². The van der Waals surface area contributed by atoms with Crippen LogP contribution < -0.4 is 5.32 Å². The van der Waals surface area contributed by atoms with Gasteiger partial charge in [-0.1, -0.05) is 53.9 Å². The van der Waals surface area contributed by atoms with Gasteiger partial charge in [-0.05, 0) is 43.9 Å². The molecule has 0 heterocycles. The molecule has 0 saturated heterocycles. The Kier molecular flexibility index (Phi) is 5.29. The Balaban J connectivity index is 2.71. The van der Waals surface area contributed by atoms with Gasteiger partial charge in [0.25, 0.3) is 0 Å². The fraction of sp³-hybridized carbons (Fsp3) is 1.00. The highest BCUT2D eigenvalue weighted by Crippen LogP contribution is 2.43. The largest absolute Gasteiger partial charge is 0.308 e. The van der Waals surface area contributed by atoms with Crippen LogP contribution in [0.1, 0.15) is 80.6 Å². The second-order valence-electron chi connectivity index (χ2n) is 7.36. The van der Waals surface area contributed by atoms with Crippen molar-refractivity contribution in [2.45, 2.75) is 92.2 Å². The molecule has 0 amide bonds. The summed E-state index contributed by atoms with van der Waals surface area (Å²) in [5.41, 5.74) is 0.576. The molecule has 0 bridgehead atoms. The molecular weight excluding hydrogens is 218 g/mol. The first-order valence-corrected chi connectivity index (χ1v) is 8.07. The summed E-state index contributed by atoms with van der Waals surface area (Å²) in [5, 5.41) is 3.98. The Bertz CT molecular complexity index is 248. The molecule has 0 radical (unpaired) electrons. The first kappa shape index (κ1) is 16.0. The topological polar surface area (TPSA) is 12.0 Å². The van der Waals surface area contributed by atoms with Gasteiger partial charge in [-0.3, -0.25) is 0 Å². The first-order chi connectivity index (χ1) is 8.30. The molecular formula is C17H35N. The maximum Gasteiger partial charge on any atom is 0.0181 e. The smallest absolute Gasteiger partial charge is 0.0181 e. The lowest BCUT2D eigenvalue weighted by Gasteiger charge is -2.52. The predicted octanol–water partition coefficient (Wildman–Crippen LogP) is 5.01. The van der Waals surface area contributed by atoms with Crippen LogP contribution in [0.2, 0.25) is 0 Å². The molecule has 18 heavy (non-hydrogen) atoms.